The second-order valence-electron chi connectivity index (χ2n) is 3.30. The average molecular weight is 221 g/mol. The maximum atomic E-state index is 11.7. The molecule has 0 spiro atoms. The van der Waals surface area contributed by atoms with Gasteiger partial charge in [-0.3, -0.25) is 0 Å². The van der Waals surface area contributed by atoms with E-state index in [1.165, 1.54) is 0 Å². The zero-order valence-corrected chi connectivity index (χ0v) is 8.30. The molecule has 0 radical (unpaired) electrons. The molecule has 1 heterocycles. The minimum atomic E-state index is -4.11. The first-order valence-electron chi connectivity index (χ1n) is 4.81. The lowest BCUT2D eigenvalue weighted by Gasteiger charge is -2.07. The minimum Gasteiger partial charge on any atom is -0.337 e. The molecule has 0 unspecified atom stereocenters. The summed E-state index contributed by atoms with van der Waals surface area (Å²) in [6.45, 7) is 0.292. The summed E-state index contributed by atoms with van der Waals surface area (Å²) in [5.74, 6) is 0. The summed E-state index contributed by atoms with van der Waals surface area (Å²) in [7, 11) is 0. The Labute approximate surface area is 86.3 Å². The number of nitrogens with one attached hydrogen (secondary N) is 1. The highest BCUT2D eigenvalue weighted by Gasteiger charge is 2.25. The van der Waals surface area contributed by atoms with E-state index in [0.717, 1.165) is 19.4 Å². The molecule has 6 heteroatoms. The molecule has 0 bridgehead atoms. The van der Waals surface area contributed by atoms with E-state index in [2.05, 4.69) is 10.3 Å². The number of nitrogens with zero attached hydrogens (tertiary/aromatic N) is 2. The number of hydrogen-bond donors (Lipinski definition) is 1. The van der Waals surface area contributed by atoms with E-state index in [1.807, 2.05) is 10.8 Å². The number of hydrogen-bond acceptors (Lipinski definition) is 2. The predicted octanol–water partition coefficient (Wildman–Crippen LogP) is 1.82. The molecule has 86 valence electrons. The summed E-state index contributed by atoms with van der Waals surface area (Å²) in [6, 6.07) is 0. The third-order valence-corrected chi connectivity index (χ3v) is 1.90. The van der Waals surface area contributed by atoms with E-state index >= 15 is 0 Å². The Kier molecular flexibility index (Phi) is 4.61. The normalized spacial score (nSPS) is 11.9. The number of halogens is 3. The van der Waals surface area contributed by atoms with Crippen molar-refractivity contribution >= 4 is 0 Å². The summed E-state index contributed by atoms with van der Waals surface area (Å²) in [6.07, 6.45) is 2.69. The van der Waals surface area contributed by atoms with Gasteiger partial charge in [-0.05, 0) is 19.4 Å². The summed E-state index contributed by atoms with van der Waals surface area (Å²) < 4.78 is 37.0. The van der Waals surface area contributed by atoms with Gasteiger partial charge >= 0.3 is 6.18 Å². The quantitative estimate of drug-likeness (QED) is 0.742. The standard InChI is InChI=1S/C9H14F3N3/c10-9(11,12)7-13-3-1-2-5-15-6-4-14-8-15/h4,6,8,13H,1-3,5,7H2. The molecular formula is C9H14F3N3. The molecule has 3 nitrogen and oxygen atoms in total. The molecule has 15 heavy (non-hydrogen) atoms. The summed E-state index contributed by atoms with van der Waals surface area (Å²) >= 11 is 0. The molecule has 1 aromatic rings. The zero-order chi connectivity index (χ0) is 11.1. The molecule has 1 rings (SSSR count). The van der Waals surface area contributed by atoms with Crippen molar-refractivity contribution in [2.45, 2.75) is 25.6 Å². The first kappa shape index (κ1) is 12.0. The van der Waals surface area contributed by atoms with Gasteiger partial charge in [0.1, 0.15) is 0 Å². The molecule has 1 aromatic heterocycles. The second-order valence-corrected chi connectivity index (χ2v) is 3.30. The number of unbranched alkanes of at least 4 members (excludes halogenated alkanes) is 1. The van der Waals surface area contributed by atoms with E-state index in [0.29, 0.717) is 6.54 Å². The number of rotatable bonds is 6. The lowest BCUT2D eigenvalue weighted by molar-refractivity contribution is -0.124. The van der Waals surface area contributed by atoms with Gasteiger partial charge in [0.05, 0.1) is 12.9 Å². The molecule has 0 aliphatic rings. The third kappa shape index (κ3) is 6.11. The largest absolute Gasteiger partial charge is 0.401 e. The highest BCUT2D eigenvalue weighted by molar-refractivity contribution is 4.73. The van der Waals surface area contributed by atoms with Crippen LogP contribution in [0.2, 0.25) is 0 Å². The minimum absolute atomic E-state index is 0.397. The highest BCUT2D eigenvalue weighted by atomic mass is 19.4. The van der Waals surface area contributed by atoms with Crippen LogP contribution in [0.25, 0.3) is 0 Å². The van der Waals surface area contributed by atoms with Gasteiger partial charge in [0.2, 0.25) is 0 Å². The predicted molar refractivity (Wildman–Crippen MR) is 50.4 cm³/mol. The van der Waals surface area contributed by atoms with Crippen molar-refractivity contribution < 1.29 is 13.2 Å². The van der Waals surface area contributed by atoms with E-state index in [1.54, 1.807) is 12.5 Å². The maximum absolute atomic E-state index is 11.7. The Bertz CT molecular complexity index is 256. The van der Waals surface area contributed by atoms with Crippen molar-refractivity contribution in [1.82, 2.24) is 14.9 Å². The van der Waals surface area contributed by atoms with Crippen LogP contribution >= 0.6 is 0 Å². The Hall–Kier alpha value is -1.04. The van der Waals surface area contributed by atoms with Crippen molar-refractivity contribution in [2.75, 3.05) is 13.1 Å². The number of aromatic nitrogens is 2. The molecule has 0 atom stereocenters. The molecule has 1 N–H and O–H groups in total. The fourth-order valence-corrected chi connectivity index (χ4v) is 1.19. The van der Waals surface area contributed by atoms with Crippen LogP contribution < -0.4 is 5.32 Å². The molecule has 0 fully saturated rings. The Morgan fingerprint density at radius 2 is 2.07 bits per heavy atom. The van der Waals surface area contributed by atoms with Crippen LogP contribution in [0.1, 0.15) is 12.8 Å². The fraction of sp³-hybridized carbons (Fsp3) is 0.667. The third-order valence-electron chi connectivity index (χ3n) is 1.90. The van der Waals surface area contributed by atoms with E-state index in [4.69, 9.17) is 0 Å². The van der Waals surface area contributed by atoms with Crippen molar-refractivity contribution in [1.29, 1.82) is 0 Å². The molecule has 0 saturated heterocycles. The molecule has 0 aromatic carbocycles. The van der Waals surface area contributed by atoms with Gasteiger partial charge in [0.15, 0.2) is 0 Å². The monoisotopic (exact) mass is 221 g/mol. The van der Waals surface area contributed by atoms with Crippen LogP contribution in [-0.4, -0.2) is 28.8 Å². The van der Waals surface area contributed by atoms with Crippen LogP contribution in [0.4, 0.5) is 13.2 Å². The van der Waals surface area contributed by atoms with Crippen LogP contribution in [-0.2, 0) is 6.54 Å². The molecular weight excluding hydrogens is 207 g/mol. The molecule has 0 aliphatic carbocycles. The van der Waals surface area contributed by atoms with Crippen LogP contribution in [0.3, 0.4) is 0 Å². The van der Waals surface area contributed by atoms with E-state index in [-0.39, 0.29) is 0 Å². The van der Waals surface area contributed by atoms with Crippen molar-refractivity contribution in [2.24, 2.45) is 0 Å². The van der Waals surface area contributed by atoms with Gasteiger partial charge in [-0.2, -0.15) is 13.2 Å². The SMILES string of the molecule is FC(F)(F)CNCCCCn1ccnc1. The van der Waals surface area contributed by atoms with Crippen LogP contribution in [0.15, 0.2) is 18.7 Å². The molecule has 0 amide bonds. The zero-order valence-electron chi connectivity index (χ0n) is 8.30. The van der Waals surface area contributed by atoms with Gasteiger partial charge in [0, 0.05) is 18.9 Å². The van der Waals surface area contributed by atoms with Gasteiger partial charge < -0.3 is 9.88 Å². The summed E-state index contributed by atoms with van der Waals surface area (Å²) in [5.41, 5.74) is 0. The van der Waals surface area contributed by atoms with E-state index in [9.17, 15) is 13.2 Å². The van der Waals surface area contributed by atoms with Crippen LogP contribution in [0, 0.1) is 0 Å². The van der Waals surface area contributed by atoms with Gasteiger partial charge in [-0.15, -0.1) is 0 Å². The summed E-state index contributed by atoms with van der Waals surface area (Å²) in [4.78, 5) is 3.87. The first-order chi connectivity index (χ1) is 7.08. The highest BCUT2D eigenvalue weighted by Crippen LogP contribution is 2.11. The molecule has 0 aliphatic heterocycles. The lowest BCUT2D eigenvalue weighted by atomic mass is 10.3. The van der Waals surface area contributed by atoms with Crippen molar-refractivity contribution in [3.05, 3.63) is 18.7 Å². The topological polar surface area (TPSA) is 29.9 Å². The Balaban J connectivity index is 1.94. The Morgan fingerprint density at radius 3 is 2.67 bits per heavy atom. The first-order valence-corrected chi connectivity index (χ1v) is 4.81. The number of alkyl halides is 3. The van der Waals surface area contributed by atoms with Gasteiger partial charge in [0.25, 0.3) is 0 Å². The number of imidazole rings is 1. The van der Waals surface area contributed by atoms with Crippen molar-refractivity contribution in [3.8, 4) is 0 Å². The fourth-order valence-electron chi connectivity index (χ4n) is 1.19. The van der Waals surface area contributed by atoms with Gasteiger partial charge in [-0.1, -0.05) is 0 Å². The van der Waals surface area contributed by atoms with Crippen LogP contribution in [0.5, 0.6) is 0 Å². The average Bonchev–Trinajstić information content (AvgIpc) is 2.61. The lowest BCUT2D eigenvalue weighted by Crippen LogP contribution is -2.29. The molecule has 0 saturated carbocycles. The summed E-state index contributed by atoms with van der Waals surface area (Å²) in [5, 5.41) is 2.36. The maximum Gasteiger partial charge on any atom is 0.401 e. The van der Waals surface area contributed by atoms with E-state index < -0.39 is 12.7 Å². The Morgan fingerprint density at radius 1 is 1.27 bits per heavy atom. The second kappa shape index (κ2) is 5.75. The van der Waals surface area contributed by atoms with Crippen molar-refractivity contribution in [3.63, 3.8) is 0 Å². The smallest absolute Gasteiger partial charge is 0.337 e. The van der Waals surface area contributed by atoms with Gasteiger partial charge in [-0.25, -0.2) is 4.98 Å². The number of aryl methyl sites for hydroxylation is 1.